The molecule has 0 aliphatic rings. The van der Waals surface area contributed by atoms with Gasteiger partial charge in [0.15, 0.2) is 0 Å². The third-order valence-corrected chi connectivity index (χ3v) is 2.70. The Bertz CT molecular complexity index is 469. The Kier molecular flexibility index (Phi) is 7.43. The predicted octanol–water partition coefficient (Wildman–Crippen LogP) is 2.79. The molecule has 0 aliphatic carbocycles. The Balaban J connectivity index is 2.40. The molecule has 0 spiro atoms. The second kappa shape index (κ2) is 9.15. The molecule has 0 saturated heterocycles. The van der Waals surface area contributed by atoms with Gasteiger partial charge >= 0.3 is 0 Å². The minimum atomic E-state index is -0.0846. The lowest BCUT2D eigenvalue weighted by atomic mass is 10.2. The maximum atomic E-state index is 11.4. The van der Waals surface area contributed by atoms with Crippen molar-refractivity contribution < 1.29 is 9.59 Å². The van der Waals surface area contributed by atoms with Crippen LogP contribution in [0.25, 0.3) is 6.08 Å². The van der Waals surface area contributed by atoms with Crippen molar-refractivity contribution in [2.24, 2.45) is 0 Å². The van der Waals surface area contributed by atoms with Gasteiger partial charge < -0.3 is 10.6 Å². The van der Waals surface area contributed by atoms with Crippen LogP contribution in [0.5, 0.6) is 0 Å². The summed E-state index contributed by atoms with van der Waals surface area (Å²) in [4.78, 5) is 22.0. The van der Waals surface area contributed by atoms with E-state index in [0.29, 0.717) is 18.8 Å². The highest BCUT2D eigenvalue weighted by Gasteiger charge is 2.00. The summed E-state index contributed by atoms with van der Waals surface area (Å²) in [6.45, 7) is 2.14. The lowest BCUT2D eigenvalue weighted by Crippen LogP contribution is -2.20. The first-order valence-corrected chi connectivity index (χ1v) is 7.02. The zero-order valence-electron chi connectivity index (χ0n) is 11.5. The molecule has 4 nitrogen and oxygen atoms in total. The number of hydrogen-bond donors (Lipinski definition) is 2. The molecular weight excluding hydrogens is 276 g/mol. The number of nitrogens with one attached hydrogen (secondary N) is 2. The van der Waals surface area contributed by atoms with Crippen molar-refractivity contribution in [3.63, 3.8) is 0 Å². The van der Waals surface area contributed by atoms with E-state index in [4.69, 9.17) is 11.6 Å². The van der Waals surface area contributed by atoms with Gasteiger partial charge in [-0.25, -0.2) is 0 Å². The van der Waals surface area contributed by atoms with Crippen molar-refractivity contribution in [1.29, 1.82) is 0 Å². The van der Waals surface area contributed by atoms with E-state index in [2.05, 4.69) is 10.6 Å². The number of rotatable bonds is 7. The minimum absolute atomic E-state index is 0.0181. The first-order chi connectivity index (χ1) is 9.61. The Hall–Kier alpha value is -1.81. The molecular formula is C15H19ClN2O2. The molecule has 0 radical (unpaired) electrons. The average Bonchev–Trinajstić information content (AvgIpc) is 2.40. The maximum absolute atomic E-state index is 11.4. The van der Waals surface area contributed by atoms with Crippen LogP contribution in [0.3, 0.4) is 0 Å². The number of amides is 2. The van der Waals surface area contributed by atoms with Gasteiger partial charge in [0.1, 0.15) is 0 Å². The summed E-state index contributed by atoms with van der Waals surface area (Å²) >= 11 is 5.49. The molecule has 0 saturated carbocycles. The molecule has 2 amide bonds. The van der Waals surface area contributed by atoms with Gasteiger partial charge in [0, 0.05) is 31.5 Å². The topological polar surface area (TPSA) is 58.2 Å². The second-order valence-electron chi connectivity index (χ2n) is 4.28. The molecule has 0 bridgehead atoms. The first-order valence-electron chi connectivity index (χ1n) is 6.48. The van der Waals surface area contributed by atoms with Gasteiger partial charge in [0.2, 0.25) is 11.8 Å². The van der Waals surface area contributed by atoms with E-state index in [0.717, 1.165) is 17.7 Å². The van der Waals surface area contributed by atoms with Crippen LogP contribution < -0.4 is 10.6 Å². The number of carbonyl (C=O) groups is 2. The molecule has 0 aromatic heterocycles. The van der Waals surface area contributed by atoms with Crippen LogP contribution >= 0.6 is 11.6 Å². The third kappa shape index (κ3) is 6.95. The molecule has 1 aromatic carbocycles. The summed E-state index contributed by atoms with van der Waals surface area (Å²) < 4.78 is 0. The molecule has 1 rings (SSSR count). The second-order valence-corrected chi connectivity index (χ2v) is 4.66. The van der Waals surface area contributed by atoms with Crippen molar-refractivity contribution in [2.45, 2.75) is 19.8 Å². The number of alkyl halides is 1. The molecule has 0 fully saturated rings. The number of benzene rings is 1. The Morgan fingerprint density at radius 1 is 1.25 bits per heavy atom. The highest BCUT2D eigenvalue weighted by atomic mass is 35.5. The normalized spacial score (nSPS) is 10.5. The smallest absolute Gasteiger partial charge is 0.225 e. The summed E-state index contributed by atoms with van der Waals surface area (Å²) in [5.74, 6) is 0.218. The van der Waals surface area contributed by atoms with E-state index in [1.54, 1.807) is 0 Å². The maximum Gasteiger partial charge on any atom is 0.225 e. The largest absolute Gasteiger partial charge is 0.356 e. The SMILES string of the molecule is CC(=O)NCCC=Cc1ccc(NC(=O)CCCl)cc1. The highest BCUT2D eigenvalue weighted by Crippen LogP contribution is 2.11. The van der Waals surface area contributed by atoms with Crippen molar-refractivity contribution in [2.75, 3.05) is 17.7 Å². The zero-order valence-corrected chi connectivity index (χ0v) is 12.2. The fourth-order valence-corrected chi connectivity index (χ4v) is 1.71. The molecule has 1 aromatic rings. The number of anilines is 1. The van der Waals surface area contributed by atoms with E-state index in [1.165, 1.54) is 6.92 Å². The van der Waals surface area contributed by atoms with E-state index < -0.39 is 0 Å². The molecule has 2 N–H and O–H groups in total. The number of halogens is 1. The Morgan fingerprint density at radius 3 is 2.55 bits per heavy atom. The van der Waals surface area contributed by atoms with Crippen LogP contribution in [-0.4, -0.2) is 24.2 Å². The summed E-state index contributed by atoms with van der Waals surface area (Å²) in [5, 5.41) is 5.49. The van der Waals surface area contributed by atoms with Crippen molar-refractivity contribution >= 4 is 35.2 Å². The van der Waals surface area contributed by atoms with E-state index in [1.807, 2.05) is 36.4 Å². The predicted molar refractivity (Wildman–Crippen MR) is 82.7 cm³/mol. The van der Waals surface area contributed by atoms with Gasteiger partial charge in [-0.1, -0.05) is 24.3 Å². The minimum Gasteiger partial charge on any atom is -0.356 e. The van der Waals surface area contributed by atoms with E-state index >= 15 is 0 Å². The fraction of sp³-hybridized carbons (Fsp3) is 0.333. The Morgan fingerprint density at radius 2 is 1.95 bits per heavy atom. The summed E-state index contributed by atoms with van der Waals surface area (Å²) in [6, 6.07) is 7.54. The van der Waals surface area contributed by atoms with Gasteiger partial charge in [-0.3, -0.25) is 9.59 Å². The summed E-state index contributed by atoms with van der Waals surface area (Å²) in [5.41, 5.74) is 1.80. The molecule has 0 unspecified atom stereocenters. The average molecular weight is 295 g/mol. The lowest BCUT2D eigenvalue weighted by Gasteiger charge is -2.04. The monoisotopic (exact) mass is 294 g/mol. The van der Waals surface area contributed by atoms with Crippen LogP contribution in [0.1, 0.15) is 25.3 Å². The number of carbonyl (C=O) groups excluding carboxylic acids is 2. The van der Waals surface area contributed by atoms with Gasteiger partial charge in [0.05, 0.1) is 0 Å². The summed E-state index contributed by atoms with van der Waals surface area (Å²) in [6.07, 6.45) is 5.07. The molecule has 108 valence electrons. The van der Waals surface area contributed by atoms with Gasteiger partial charge in [-0.15, -0.1) is 11.6 Å². The van der Waals surface area contributed by atoms with Gasteiger partial charge in [0.25, 0.3) is 0 Å². The van der Waals surface area contributed by atoms with Crippen LogP contribution in [0.2, 0.25) is 0 Å². The quantitative estimate of drug-likeness (QED) is 0.600. The first kappa shape index (κ1) is 16.2. The molecule has 0 aliphatic heterocycles. The van der Waals surface area contributed by atoms with E-state index in [9.17, 15) is 9.59 Å². The molecule has 0 heterocycles. The lowest BCUT2D eigenvalue weighted by molar-refractivity contribution is -0.119. The molecule has 0 atom stereocenters. The van der Waals surface area contributed by atoms with Crippen LogP contribution in [0.4, 0.5) is 5.69 Å². The Labute approximate surface area is 124 Å². The zero-order chi connectivity index (χ0) is 14.8. The van der Waals surface area contributed by atoms with Crippen molar-refractivity contribution in [3.8, 4) is 0 Å². The van der Waals surface area contributed by atoms with E-state index in [-0.39, 0.29) is 11.8 Å². The molecule has 5 heteroatoms. The van der Waals surface area contributed by atoms with Crippen molar-refractivity contribution in [1.82, 2.24) is 5.32 Å². The van der Waals surface area contributed by atoms with Gasteiger partial charge in [-0.05, 0) is 24.1 Å². The van der Waals surface area contributed by atoms with Crippen LogP contribution in [0.15, 0.2) is 30.3 Å². The van der Waals surface area contributed by atoms with Crippen LogP contribution in [0, 0.1) is 0 Å². The van der Waals surface area contributed by atoms with Crippen molar-refractivity contribution in [3.05, 3.63) is 35.9 Å². The van der Waals surface area contributed by atoms with Gasteiger partial charge in [-0.2, -0.15) is 0 Å². The standard InChI is InChI=1S/C15H19ClN2O2/c1-12(19)17-11-3-2-4-13-5-7-14(8-6-13)18-15(20)9-10-16/h2,4-8H,3,9-11H2,1H3,(H,17,19)(H,18,20). The highest BCUT2D eigenvalue weighted by molar-refractivity contribution is 6.19. The summed E-state index contributed by atoms with van der Waals surface area (Å²) in [7, 11) is 0. The third-order valence-electron chi connectivity index (χ3n) is 2.51. The van der Waals surface area contributed by atoms with Crippen LogP contribution in [-0.2, 0) is 9.59 Å². The molecule has 20 heavy (non-hydrogen) atoms. The number of hydrogen-bond acceptors (Lipinski definition) is 2. The fourth-order valence-electron chi connectivity index (χ4n) is 1.54.